The predicted octanol–water partition coefficient (Wildman–Crippen LogP) is 20.2. The van der Waals surface area contributed by atoms with E-state index in [-0.39, 0.29) is 27.4 Å². The number of benzene rings is 10. The number of nitrogen functional groups attached to an aromatic ring is 1. The molecule has 10 rings (SSSR count). The number of rotatable bonds is 11. The molecule has 468 valence electrons. The first-order valence-electron chi connectivity index (χ1n) is 25.7. The summed E-state index contributed by atoms with van der Waals surface area (Å²) in [7, 11) is 0. The monoisotopic (exact) mass is 1460 g/mol. The fourth-order valence-corrected chi connectivity index (χ4v) is 8.13. The van der Waals surface area contributed by atoms with Crippen molar-refractivity contribution in [1.82, 2.24) is 5.32 Å². The van der Waals surface area contributed by atoms with E-state index in [1.54, 1.807) is 121 Å². The molecule has 25 heteroatoms. The van der Waals surface area contributed by atoms with Gasteiger partial charge in [-0.05, 0) is 182 Å². The normalized spacial score (nSPS) is 10.7. The first-order valence-corrected chi connectivity index (χ1v) is 28.8. The Morgan fingerprint density at radius 2 is 0.780 bits per heavy atom. The van der Waals surface area contributed by atoms with E-state index in [1.807, 2.05) is 0 Å². The maximum absolute atomic E-state index is 14.3. The van der Waals surface area contributed by atoms with Crippen molar-refractivity contribution in [2.24, 2.45) is 15.7 Å². The molecule has 0 saturated carbocycles. The Hall–Kier alpha value is -8.83. The van der Waals surface area contributed by atoms with Crippen LogP contribution in [0.15, 0.2) is 225 Å². The van der Waals surface area contributed by atoms with Crippen molar-refractivity contribution in [2.75, 3.05) is 11.1 Å². The zero-order valence-electron chi connectivity index (χ0n) is 46.3. The van der Waals surface area contributed by atoms with Crippen LogP contribution < -0.4 is 22.1 Å². The third-order valence-electron chi connectivity index (χ3n) is 11.4. The maximum Gasteiger partial charge on any atom is 0.254 e. The number of nitrogens with one attached hydrogen (secondary N) is 2. The molecule has 0 saturated heterocycles. The van der Waals surface area contributed by atoms with Crippen LogP contribution in [0.25, 0.3) is 0 Å². The van der Waals surface area contributed by atoms with E-state index in [4.69, 9.17) is 57.9 Å². The lowest BCUT2D eigenvalue weighted by molar-refractivity contribution is 0.0938. The summed E-state index contributed by atoms with van der Waals surface area (Å²) in [5, 5.41) is 7.98. The Labute approximate surface area is 551 Å². The Bertz CT molecular complexity index is 3900. The van der Waals surface area contributed by atoms with Gasteiger partial charge in [0.2, 0.25) is 0 Å². The highest BCUT2D eigenvalue weighted by Gasteiger charge is 2.23. The highest BCUT2D eigenvalue weighted by atomic mass is 79.9. The second-order valence-electron chi connectivity index (χ2n) is 17.9. The molecule has 1 atom stereocenters. The number of nitrogens with two attached hydrogens (primary N) is 2. The number of carbonyl (C=O) groups excluding carboxylic acids is 3. The molecule has 9 nitrogen and oxygen atoms in total. The van der Waals surface area contributed by atoms with E-state index in [9.17, 15) is 58.3 Å². The van der Waals surface area contributed by atoms with Crippen LogP contribution in [-0.2, 0) is 0 Å². The lowest BCUT2D eigenvalue weighted by Crippen LogP contribution is -2.34. The van der Waals surface area contributed by atoms with Gasteiger partial charge in [0.1, 0.15) is 69.9 Å². The summed E-state index contributed by atoms with van der Waals surface area (Å²) in [6, 6.07) is 49.7. The SMILES string of the molecule is Fc1cccc(F)c1C=Nc1ccc(Cl)cc1.Fc1cccc(F)c1C=Nc1ccc(Cl)cc1.NC(=O)c1c(F)cc(Br)cc1F.Nc1ccc(Cl)cc1.O=C(NC(Nc1ccc(Cl)cc1)c1c(F)cccc1F)c1ccc(Br)cc1.O=Cc1c(F)cccc1F. The van der Waals surface area contributed by atoms with Crippen LogP contribution >= 0.6 is 78.3 Å². The highest BCUT2D eigenvalue weighted by Crippen LogP contribution is 2.26. The van der Waals surface area contributed by atoms with Crippen molar-refractivity contribution in [2.45, 2.75) is 6.17 Å². The van der Waals surface area contributed by atoms with Crippen LogP contribution in [0.3, 0.4) is 0 Å². The van der Waals surface area contributed by atoms with E-state index in [2.05, 4.69) is 52.5 Å². The number of carbonyl (C=O) groups is 3. The molecule has 91 heavy (non-hydrogen) atoms. The number of nitrogens with zero attached hydrogens (tertiary/aromatic N) is 2. The Morgan fingerprint density at radius 3 is 1.12 bits per heavy atom. The summed E-state index contributed by atoms with van der Waals surface area (Å²) >= 11 is 29.0. The Morgan fingerprint density at radius 1 is 0.440 bits per heavy atom. The van der Waals surface area contributed by atoms with Crippen molar-refractivity contribution in [1.29, 1.82) is 0 Å². The van der Waals surface area contributed by atoms with Gasteiger partial charge in [0.05, 0.1) is 33.6 Å². The summed E-state index contributed by atoms with van der Waals surface area (Å²) in [5.41, 5.74) is 11.1. The topological polar surface area (TPSA) is 152 Å². The lowest BCUT2D eigenvalue weighted by Gasteiger charge is -2.23. The average Bonchev–Trinajstić information content (AvgIpc) is 2.03. The second-order valence-corrected chi connectivity index (χ2v) is 21.4. The molecule has 0 aliphatic rings. The molecule has 6 N–H and O–H groups in total. The van der Waals surface area contributed by atoms with Crippen molar-refractivity contribution in [3.8, 4) is 0 Å². The number of hydrogen-bond acceptors (Lipinski definition) is 7. The minimum atomic E-state index is -1.12. The molecular formula is C66H44Br2Cl4F10N6O3. The van der Waals surface area contributed by atoms with Crippen LogP contribution in [0.5, 0.6) is 0 Å². The minimum absolute atomic E-state index is 0.151. The van der Waals surface area contributed by atoms with Gasteiger partial charge in [0.25, 0.3) is 11.8 Å². The van der Waals surface area contributed by atoms with Crippen LogP contribution in [0.1, 0.15) is 53.9 Å². The molecular weight excluding hydrogens is 1420 g/mol. The standard InChI is InChI=1S/C20H14BrClF2N2O.2C13H8ClF2N.C7H4BrF2NO.C7H4F2O.C6H6ClN/c21-13-6-4-12(5-7-13)20(27)26-19(18-16(23)2-1-3-17(18)24)25-15-10-8-14(22)9-11-15;2*14-9-4-6-10(7-5-9)17-8-11-12(15)2-1-3-13(11)16;8-3-1-4(9)6(7(11)12)5(10)2-3;8-6-2-1-3-7(9)5(6)4-10;7-5-1-3-6(8)4-2-5/h1-11,19,25H,(H,26,27);2*1-8H;1-2H,(H2,11,12);1-4H;1-4H,8H2. The smallest absolute Gasteiger partial charge is 0.254 e. The largest absolute Gasteiger partial charge is 0.399 e. The first-order chi connectivity index (χ1) is 43.3. The number of halogens is 16. The number of anilines is 2. The molecule has 1 unspecified atom stereocenters. The zero-order valence-corrected chi connectivity index (χ0v) is 52.5. The summed E-state index contributed by atoms with van der Waals surface area (Å²) in [4.78, 5) is 41.0. The summed E-state index contributed by atoms with van der Waals surface area (Å²) in [6.45, 7) is 0. The quantitative estimate of drug-likeness (QED) is 0.0334. The molecule has 0 radical (unpaired) electrons. The number of hydrogen-bond donors (Lipinski definition) is 4. The fourth-order valence-electron chi connectivity index (χ4n) is 6.96. The van der Waals surface area contributed by atoms with Gasteiger partial charge < -0.3 is 22.1 Å². The first kappa shape index (κ1) is 72.9. The lowest BCUT2D eigenvalue weighted by atomic mass is 10.1. The second kappa shape index (κ2) is 36.7. The van der Waals surface area contributed by atoms with Gasteiger partial charge in [-0.3, -0.25) is 24.4 Å². The van der Waals surface area contributed by atoms with Gasteiger partial charge in [-0.1, -0.05) is 103 Å². The molecule has 0 aliphatic carbocycles. The third-order valence-corrected chi connectivity index (χ3v) is 13.4. The number of aldehydes is 1. The molecule has 0 spiro atoms. The van der Waals surface area contributed by atoms with Crippen LogP contribution in [0.2, 0.25) is 20.1 Å². The molecule has 0 bridgehead atoms. The molecule has 10 aromatic rings. The van der Waals surface area contributed by atoms with Gasteiger partial charge in [-0.25, -0.2) is 43.9 Å². The van der Waals surface area contributed by atoms with Gasteiger partial charge in [-0.15, -0.1) is 0 Å². The third kappa shape index (κ3) is 24.1. The van der Waals surface area contributed by atoms with Crippen LogP contribution in [-0.4, -0.2) is 30.5 Å². The maximum atomic E-state index is 14.3. The van der Waals surface area contributed by atoms with Gasteiger partial charge in [0, 0.05) is 58.4 Å². The van der Waals surface area contributed by atoms with Crippen molar-refractivity contribution < 1.29 is 58.3 Å². The molecule has 0 aliphatic heterocycles. The van der Waals surface area contributed by atoms with Crippen LogP contribution in [0.4, 0.5) is 66.7 Å². The molecule has 0 fully saturated rings. The molecule has 10 aromatic carbocycles. The molecule has 0 aromatic heterocycles. The predicted molar refractivity (Wildman–Crippen MR) is 346 cm³/mol. The number of amides is 2. The van der Waals surface area contributed by atoms with E-state index in [0.29, 0.717) is 37.7 Å². The zero-order chi connectivity index (χ0) is 66.7. The van der Waals surface area contributed by atoms with Gasteiger partial charge >= 0.3 is 0 Å². The average molecular weight is 1460 g/mol. The summed E-state index contributed by atoms with van der Waals surface area (Å²) < 4.78 is 133. The Kier molecular flexibility index (Phi) is 29.4. The van der Waals surface area contributed by atoms with E-state index in [0.717, 1.165) is 64.0 Å². The van der Waals surface area contributed by atoms with E-state index < -0.39 is 87.3 Å². The molecule has 2 amide bonds. The van der Waals surface area contributed by atoms with Crippen molar-refractivity contribution >= 4 is 132 Å². The van der Waals surface area contributed by atoms with Crippen molar-refractivity contribution in [3.63, 3.8) is 0 Å². The number of aliphatic imine (C=N–C) groups is 2. The van der Waals surface area contributed by atoms with Crippen LogP contribution in [0, 0.1) is 58.2 Å². The molecule has 0 heterocycles. The van der Waals surface area contributed by atoms with Gasteiger partial charge in [-0.2, -0.15) is 0 Å². The number of primary amides is 1. The van der Waals surface area contributed by atoms with Gasteiger partial charge in [0.15, 0.2) is 6.29 Å². The minimum Gasteiger partial charge on any atom is -0.399 e. The van der Waals surface area contributed by atoms with E-state index in [1.165, 1.54) is 48.5 Å². The Balaban J connectivity index is 0.000000208. The summed E-state index contributed by atoms with van der Waals surface area (Å²) in [6.07, 6.45) is 1.36. The van der Waals surface area contributed by atoms with E-state index >= 15 is 0 Å². The van der Waals surface area contributed by atoms with Crippen molar-refractivity contribution in [3.05, 3.63) is 327 Å². The fraction of sp³-hybridized carbons (Fsp3) is 0.0152. The highest BCUT2D eigenvalue weighted by molar-refractivity contribution is 9.10. The summed E-state index contributed by atoms with van der Waals surface area (Å²) in [5.74, 6) is -9.24.